The van der Waals surface area contributed by atoms with Crippen LogP contribution in [0.1, 0.15) is 41.0 Å². The van der Waals surface area contributed by atoms with E-state index < -0.39 is 32.9 Å². The highest BCUT2D eigenvalue weighted by Crippen LogP contribution is 2.56. The zero-order valence-electron chi connectivity index (χ0n) is 15.4. The van der Waals surface area contributed by atoms with Gasteiger partial charge in [0.05, 0.1) is 13.2 Å². The van der Waals surface area contributed by atoms with Crippen LogP contribution in [0.25, 0.3) is 0 Å². The molecule has 0 saturated carbocycles. The van der Waals surface area contributed by atoms with E-state index in [1.807, 2.05) is 20.8 Å². The van der Waals surface area contributed by atoms with Gasteiger partial charge in [0.25, 0.3) is 0 Å². The van der Waals surface area contributed by atoms with Crippen molar-refractivity contribution in [2.45, 2.75) is 78.0 Å². The van der Waals surface area contributed by atoms with Gasteiger partial charge in [0, 0.05) is 8.07 Å². The standard InChI is InChI=1S/C15H33O5PSi/c1-9-15(4,5)20-14(16)13(12-22(6,7)8)21(17,18-10-2)19-11-3/h13H,9-12H2,1-8H3/t13-/m1/s1. The van der Waals surface area contributed by atoms with Gasteiger partial charge in [0.1, 0.15) is 5.60 Å². The van der Waals surface area contributed by atoms with Gasteiger partial charge in [-0.25, -0.2) is 0 Å². The number of hydrogen-bond donors (Lipinski definition) is 0. The molecule has 1 atom stereocenters. The molecule has 0 rings (SSSR count). The first-order valence-electron chi connectivity index (χ1n) is 8.02. The maximum absolute atomic E-state index is 13.1. The molecule has 7 heteroatoms. The molecule has 0 aromatic carbocycles. The fourth-order valence-electron chi connectivity index (χ4n) is 1.89. The Hall–Kier alpha value is -0.163. The Balaban J connectivity index is 5.52. The molecule has 0 aromatic heterocycles. The van der Waals surface area contributed by atoms with Crippen LogP contribution in [-0.4, -0.2) is 38.5 Å². The van der Waals surface area contributed by atoms with Gasteiger partial charge in [-0.1, -0.05) is 26.6 Å². The Kier molecular flexibility index (Phi) is 8.56. The lowest BCUT2D eigenvalue weighted by Gasteiger charge is -2.32. The molecular weight excluding hydrogens is 319 g/mol. The Morgan fingerprint density at radius 1 is 1.09 bits per heavy atom. The summed E-state index contributed by atoms with van der Waals surface area (Å²) in [4.78, 5) is 12.7. The number of ether oxygens (including phenoxy) is 1. The first kappa shape index (κ1) is 21.8. The van der Waals surface area contributed by atoms with E-state index in [2.05, 4.69) is 19.6 Å². The third-order valence-corrected chi connectivity index (χ3v) is 7.68. The van der Waals surface area contributed by atoms with E-state index in [1.165, 1.54) is 0 Å². The molecule has 0 amide bonds. The van der Waals surface area contributed by atoms with Crippen LogP contribution in [0.4, 0.5) is 0 Å². The van der Waals surface area contributed by atoms with Crippen molar-refractivity contribution in [1.29, 1.82) is 0 Å². The van der Waals surface area contributed by atoms with Crippen molar-refractivity contribution in [3.8, 4) is 0 Å². The third-order valence-electron chi connectivity index (χ3n) is 3.31. The molecule has 0 aliphatic heterocycles. The van der Waals surface area contributed by atoms with Crippen LogP contribution in [-0.2, 0) is 23.1 Å². The van der Waals surface area contributed by atoms with E-state index in [1.54, 1.807) is 13.8 Å². The summed E-state index contributed by atoms with van der Waals surface area (Å²) in [7, 11) is -5.19. The Morgan fingerprint density at radius 3 is 1.86 bits per heavy atom. The Morgan fingerprint density at radius 2 is 1.55 bits per heavy atom. The maximum atomic E-state index is 13.1. The van der Waals surface area contributed by atoms with Crippen LogP contribution in [0.15, 0.2) is 0 Å². The summed E-state index contributed by atoms with van der Waals surface area (Å²) < 4.78 is 29.5. The number of hydrogen-bond acceptors (Lipinski definition) is 5. The molecule has 0 saturated heterocycles. The zero-order chi connectivity index (χ0) is 17.6. The molecule has 0 aliphatic rings. The highest BCUT2D eigenvalue weighted by Gasteiger charge is 2.45. The van der Waals surface area contributed by atoms with E-state index >= 15 is 0 Å². The van der Waals surface area contributed by atoms with E-state index in [0.717, 1.165) is 0 Å². The average Bonchev–Trinajstić information content (AvgIpc) is 2.35. The minimum atomic E-state index is -3.52. The van der Waals surface area contributed by atoms with Crippen molar-refractivity contribution < 1.29 is 23.1 Å². The van der Waals surface area contributed by atoms with Gasteiger partial charge in [0.15, 0.2) is 5.66 Å². The number of esters is 1. The second-order valence-electron chi connectivity index (χ2n) is 7.19. The molecule has 0 N–H and O–H groups in total. The summed E-state index contributed by atoms with van der Waals surface area (Å²) in [6.07, 6.45) is 0.686. The lowest BCUT2D eigenvalue weighted by Crippen LogP contribution is -2.38. The molecule has 0 fully saturated rings. The molecular formula is C15H33O5PSi. The summed E-state index contributed by atoms with van der Waals surface area (Å²) in [6, 6.07) is 0.517. The molecule has 5 nitrogen and oxygen atoms in total. The molecule has 0 spiro atoms. The predicted molar refractivity (Wildman–Crippen MR) is 93.3 cm³/mol. The average molecular weight is 352 g/mol. The Labute approximate surface area is 136 Å². The smallest absolute Gasteiger partial charge is 0.344 e. The van der Waals surface area contributed by atoms with Crippen LogP contribution in [0.3, 0.4) is 0 Å². The largest absolute Gasteiger partial charge is 0.459 e. The fraction of sp³-hybridized carbons (Fsp3) is 0.933. The van der Waals surface area contributed by atoms with Gasteiger partial charge in [0.2, 0.25) is 0 Å². The molecule has 0 radical (unpaired) electrons. The van der Waals surface area contributed by atoms with E-state index in [0.29, 0.717) is 12.5 Å². The second kappa shape index (κ2) is 8.62. The molecule has 22 heavy (non-hydrogen) atoms. The van der Waals surface area contributed by atoms with Gasteiger partial charge in [-0.3, -0.25) is 9.36 Å². The van der Waals surface area contributed by atoms with Crippen LogP contribution < -0.4 is 0 Å². The van der Waals surface area contributed by atoms with Crippen molar-refractivity contribution in [3.05, 3.63) is 0 Å². The van der Waals surface area contributed by atoms with E-state index in [9.17, 15) is 9.36 Å². The first-order valence-corrected chi connectivity index (χ1v) is 13.3. The van der Waals surface area contributed by atoms with Crippen molar-refractivity contribution in [2.75, 3.05) is 13.2 Å². The highest BCUT2D eigenvalue weighted by atomic mass is 31.2. The fourth-order valence-corrected chi connectivity index (χ4v) is 7.22. The highest BCUT2D eigenvalue weighted by molar-refractivity contribution is 7.56. The van der Waals surface area contributed by atoms with E-state index in [-0.39, 0.29) is 13.2 Å². The van der Waals surface area contributed by atoms with Gasteiger partial charge in [-0.15, -0.1) is 0 Å². The van der Waals surface area contributed by atoms with Gasteiger partial charge < -0.3 is 13.8 Å². The topological polar surface area (TPSA) is 61.8 Å². The summed E-state index contributed by atoms with van der Waals surface area (Å²) in [5, 5.41) is 0. The Bertz CT molecular complexity index is 393. The van der Waals surface area contributed by atoms with Gasteiger partial charge in [-0.2, -0.15) is 0 Å². The molecule has 0 heterocycles. The molecule has 132 valence electrons. The predicted octanol–water partition coefficient (Wildman–Crippen LogP) is 4.69. The number of carbonyl (C=O) groups is 1. The number of carbonyl (C=O) groups excluding carboxylic acids is 1. The minimum Gasteiger partial charge on any atom is -0.459 e. The third kappa shape index (κ3) is 7.40. The lowest BCUT2D eigenvalue weighted by molar-refractivity contribution is -0.156. The maximum Gasteiger partial charge on any atom is 0.344 e. The van der Waals surface area contributed by atoms with Crippen molar-refractivity contribution in [3.63, 3.8) is 0 Å². The normalized spacial score (nSPS) is 14.7. The summed E-state index contributed by atoms with van der Waals surface area (Å²) in [5.41, 5.74) is -1.43. The molecule has 0 bridgehead atoms. The molecule has 0 aromatic rings. The molecule has 0 aliphatic carbocycles. The minimum absolute atomic E-state index is 0.240. The monoisotopic (exact) mass is 352 g/mol. The van der Waals surface area contributed by atoms with Crippen LogP contribution >= 0.6 is 7.60 Å². The quantitative estimate of drug-likeness (QED) is 0.324. The summed E-state index contributed by atoms with van der Waals surface area (Å²) in [6.45, 7) is 16.0. The summed E-state index contributed by atoms with van der Waals surface area (Å²) in [5.74, 6) is -0.473. The SMILES string of the molecule is CCOP(=O)(OCC)[C@H](C[Si](C)(C)C)C(=O)OC(C)(C)CC. The van der Waals surface area contributed by atoms with E-state index in [4.69, 9.17) is 13.8 Å². The van der Waals surface area contributed by atoms with Crippen molar-refractivity contribution >= 4 is 21.6 Å². The lowest BCUT2D eigenvalue weighted by atomic mass is 10.1. The van der Waals surface area contributed by atoms with Gasteiger partial charge >= 0.3 is 13.6 Å². The van der Waals surface area contributed by atoms with Crippen molar-refractivity contribution in [2.24, 2.45) is 0 Å². The van der Waals surface area contributed by atoms with Crippen LogP contribution in [0.2, 0.25) is 25.7 Å². The molecule has 0 unspecified atom stereocenters. The number of rotatable bonds is 10. The zero-order valence-corrected chi connectivity index (χ0v) is 17.3. The first-order chi connectivity index (χ1) is 9.90. The summed E-state index contributed by atoms with van der Waals surface area (Å²) >= 11 is 0. The van der Waals surface area contributed by atoms with Crippen molar-refractivity contribution in [1.82, 2.24) is 0 Å². The van der Waals surface area contributed by atoms with Crippen LogP contribution in [0.5, 0.6) is 0 Å². The van der Waals surface area contributed by atoms with Gasteiger partial charge in [-0.05, 0) is 40.2 Å². The second-order valence-corrected chi connectivity index (χ2v) is 14.9. The van der Waals surface area contributed by atoms with Crippen LogP contribution in [0, 0.1) is 0 Å².